The van der Waals surface area contributed by atoms with Gasteiger partial charge in [-0.05, 0) is 35.7 Å². The highest BCUT2D eigenvalue weighted by molar-refractivity contribution is 5.97. The first-order valence-electron chi connectivity index (χ1n) is 10.9. The summed E-state index contributed by atoms with van der Waals surface area (Å²) in [5.74, 6) is -0.219. The number of imidazole rings is 1. The molecule has 4 N–H and O–H groups in total. The summed E-state index contributed by atoms with van der Waals surface area (Å²) in [6, 6.07) is 14.9. The van der Waals surface area contributed by atoms with E-state index in [1.54, 1.807) is 35.3 Å². The molecule has 0 aliphatic carbocycles. The molecule has 186 valence electrons. The molecule has 0 aliphatic heterocycles. The van der Waals surface area contributed by atoms with Gasteiger partial charge >= 0.3 is 5.97 Å². The van der Waals surface area contributed by atoms with Crippen LogP contribution in [0.4, 0.5) is 11.4 Å². The third kappa shape index (κ3) is 7.86. The Balaban J connectivity index is 0.00000432. The van der Waals surface area contributed by atoms with Gasteiger partial charge in [0, 0.05) is 23.1 Å². The fraction of sp³-hybridized carbons (Fsp3) is 0.280. The molecular formula is C25H31ClN6O3. The monoisotopic (exact) mass is 498 g/mol. The lowest BCUT2D eigenvalue weighted by Crippen LogP contribution is -2.33. The zero-order chi connectivity index (χ0) is 24.7. The van der Waals surface area contributed by atoms with Crippen LogP contribution in [0, 0.1) is 5.41 Å². The number of aromatic nitrogens is 2. The van der Waals surface area contributed by atoms with E-state index in [2.05, 4.69) is 24.1 Å². The van der Waals surface area contributed by atoms with Crippen LogP contribution >= 0.6 is 12.4 Å². The highest BCUT2D eigenvalue weighted by Crippen LogP contribution is 2.20. The number of nitrogens with one attached hydrogen (secondary N) is 2. The predicted molar refractivity (Wildman–Crippen MR) is 139 cm³/mol. The molecule has 0 bridgehead atoms. The van der Waals surface area contributed by atoms with Crippen LogP contribution in [0.5, 0.6) is 0 Å². The van der Waals surface area contributed by atoms with E-state index in [0.29, 0.717) is 29.4 Å². The Morgan fingerprint density at radius 1 is 1.20 bits per heavy atom. The summed E-state index contributed by atoms with van der Waals surface area (Å²) in [6.45, 7) is 4.66. The number of carbonyl (C=O) groups excluding carboxylic acids is 2. The number of halogens is 1. The van der Waals surface area contributed by atoms with Crippen molar-refractivity contribution in [2.75, 3.05) is 23.9 Å². The van der Waals surface area contributed by atoms with E-state index < -0.39 is 0 Å². The third-order valence-corrected chi connectivity index (χ3v) is 5.30. The average Bonchev–Trinajstić information content (AvgIpc) is 3.25. The Morgan fingerprint density at radius 2 is 1.91 bits per heavy atom. The standard InChI is InChI=1S/C25H30N6O3.ClH/c1-17(2)18-7-9-20(10-8-18)29-23(32)14-31(22-6-4-5-19(11-22)25(26)27)13-21-12-30(16-28-21)15-24(33)34-3;/h4-12,16-17H,13-15H2,1-3H3,(H3,26,27)(H,29,32);1H. The second kappa shape index (κ2) is 12.6. The van der Waals surface area contributed by atoms with E-state index in [1.165, 1.54) is 12.7 Å². The van der Waals surface area contributed by atoms with Crippen LogP contribution in [0.1, 0.15) is 36.6 Å². The zero-order valence-corrected chi connectivity index (χ0v) is 20.8. The van der Waals surface area contributed by atoms with E-state index in [-0.39, 0.29) is 43.2 Å². The number of hydrogen-bond donors (Lipinski definition) is 3. The summed E-state index contributed by atoms with van der Waals surface area (Å²) >= 11 is 0. The minimum absolute atomic E-state index is 0. The molecule has 1 amide bonds. The number of rotatable bonds is 10. The lowest BCUT2D eigenvalue weighted by Gasteiger charge is -2.24. The number of nitrogens with two attached hydrogens (primary N) is 1. The molecule has 10 heteroatoms. The highest BCUT2D eigenvalue weighted by Gasteiger charge is 2.16. The van der Waals surface area contributed by atoms with Crippen LogP contribution in [-0.2, 0) is 27.4 Å². The number of anilines is 2. The Labute approximate surface area is 211 Å². The van der Waals surface area contributed by atoms with Gasteiger partial charge in [0.05, 0.1) is 32.2 Å². The van der Waals surface area contributed by atoms with E-state index in [4.69, 9.17) is 15.9 Å². The van der Waals surface area contributed by atoms with Crippen LogP contribution < -0.4 is 16.0 Å². The third-order valence-electron chi connectivity index (χ3n) is 5.30. The first-order chi connectivity index (χ1) is 16.2. The first kappa shape index (κ1) is 27.4. The molecule has 9 nitrogen and oxygen atoms in total. The van der Waals surface area contributed by atoms with Crippen molar-refractivity contribution in [3.8, 4) is 0 Å². The molecule has 0 fully saturated rings. The van der Waals surface area contributed by atoms with Gasteiger partial charge in [-0.2, -0.15) is 0 Å². The number of nitrogens with zero attached hydrogens (tertiary/aromatic N) is 3. The van der Waals surface area contributed by atoms with Crippen molar-refractivity contribution in [1.29, 1.82) is 5.41 Å². The number of ether oxygens (including phenoxy) is 1. The molecule has 0 saturated carbocycles. The van der Waals surface area contributed by atoms with Gasteiger partial charge in [0.15, 0.2) is 0 Å². The fourth-order valence-corrected chi connectivity index (χ4v) is 3.42. The number of hydrogen-bond acceptors (Lipinski definition) is 6. The summed E-state index contributed by atoms with van der Waals surface area (Å²) in [5.41, 5.74) is 9.53. The number of benzene rings is 2. The minimum Gasteiger partial charge on any atom is -0.468 e. The Morgan fingerprint density at radius 3 is 2.54 bits per heavy atom. The topological polar surface area (TPSA) is 126 Å². The van der Waals surface area contributed by atoms with Crippen LogP contribution in [0.25, 0.3) is 0 Å². The normalized spacial score (nSPS) is 10.4. The van der Waals surface area contributed by atoms with Crippen LogP contribution in [0.15, 0.2) is 61.1 Å². The molecule has 2 aromatic carbocycles. The van der Waals surface area contributed by atoms with Gasteiger partial charge < -0.3 is 25.3 Å². The minimum atomic E-state index is -0.377. The van der Waals surface area contributed by atoms with Gasteiger partial charge in [-0.1, -0.05) is 38.1 Å². The van der Waals surface area contributed by atoms with Crippen molar-refractivity contribution in [3.63, 3.8) is 0 Å². The summed E-state index contributed by atoms with van der Waals surface area (Å²) in [5, 5.41) is 10.7. The van der Waals surface area contributed by atoms with Gasteiger partial charge in [0.25, 0.3) is 0 Å². The molecule has 0 aliphatic rings. The number of carbonyl (C=O) groups is 2. The number of nitrogen functional groups attached to an aromatic ring is 1. The maximum atomic E-state index is 12.9. The summed E-state index contributed by atoms with van der Waals surface area (Å²) in [6.07, 6.45) is 3.29. The van der Waals surface area contributed by atoms with Crippen LogP contribution in [0.3, 0.4) is 0 Å². The summed E-state index contributed by atoms with van der Waals surface area (Å²) in [7, 11) is 1.33. The summed E-state index contributed by atoms with van der Waals surface area (Å²) in [4.78, 5) is 30.7. The van der Waals surface area contributed by atoms with Crippen LogP contribution in [0.2, 0.25) is 0 Å². The highest BCUT2D eigenvalue weighted by atomic mass is 35.5. The molecule has 0 saturated heterocycles. The number of amides is 1. The Hall–Kier alpha value is -3.85. The second-order valence-corrected chi connectivity index (χ2v) is 8.26. The fourth-order valence-electron chi connectivity index (χ4n) is 3.42. The molecule has 1 heterocycles. The van der Waals surface area contributed by atoms with Crippen molar-refractivity contribution in [2.45, 2.75) is 32.9 Å². The van der Waals surface area contributed by atoms with Gasteiger partial charge in [-0.15, -0.1) is 12.4 Å². The van der Waals surface area contributed by atoms with E-state index in [0.717, 1.165) is 5.69 Å². The lowest BCUT2D eigenvalue weighted by molar-refractivity contribution is -0.141. The number of methoxy groups -OCH3 is 1. The SMILES string of the molecule is COC(=O)Cn1cnc(CN(CC(=O)Nc2ccc(C(C)C)cc2)c2cccc(C(=N)N)c2)c1.Cl. The molecule has 3 aromatic rings. The Bertz CT molecular complexity index is 1160. The van der Waals surface area contributed by atoms with Crippen molar-refractivity contribution in [3.05, 3.63) is 77.9 Å². The lowest BCUT2D eigenvalue weighted by atomic mass is 10.0. The molecule has 0 atom stereocenters. The van der Waals surface area contributed by atoms with Crippen molar-refractivity contribution < 1.29 is 14.3 Å². The van der Waals surface area contributed by atoms with Gasteiger partial charge in [0.2, 0.25) is 5.91 Å². The van der Waals surface area contributed by atoms with Crippen molar-refractivity contribution >= 4 is 41.5 Å². The first-order valence-corrected chi connectivity index (χ1v) is 10.9. The molecule has 0 unspecified atom stereocenters. The van der Waals surface area contributed by atoms with E-state index >= 15 is 0 Å². The molecule has 1 aromatic heterocycles. The zero-order valence-electron chi connectivity index (χ0n) is 20.0. The second-order valence-electron chi connectivity index (χ2n) is 8.26. The summed E-state index contributed by atoms with van der Waals surface area (Å²) < 4.78 is 6.32. The van der Waals surface area contributed by atoms with Crippen molar-refractivity contribution in [1.82, 2.24) is 9.55 Å². The number of esters is 1. The largest absolute Gasteiger partial charge is 0.468 e. The average molecular weight is 499 g/mol. The number of amidine groups is 1. The predicted octanol–water partition coefficient (Wildman–Crippen LogP) is 3.53. The molecule has 35 heavy (non-hydrogen) atoms. The van der Waals surface area contributed by atoms with Crippen molar-refractivity contribution in [2.24, 2.45) is 5.73 Å². The van der Waals surface area contributed by atoms with Gasteiger partial charge in [-0.3, -0.25) is 15.0 Å². The smallest absolute Gasteiger partial charge is 0.325 e. The Kier molecular flexibility index (Phi) is 9.84. The van der Waals surface area contributed by atoms with Gasteiger partial charge in [0.1, 0.15) is 12.4 Å². The van der Waals surface area contributed by atoms with E-state index in [9.17, 15) is 9.59 Å². The maximum Gasteiger partial charge on any atom is 0.325 e. The molecular weight excluding hydrogens is 468 g/mol. The van der Waals surface area contributed by atoms with E-state index in [1.807, 2.05) is 35.2 Å². The quantitative estimate of drug-likeness (QED) is 0.223. The molecule has 3 rings (SSSR count). The molecule has 0 radical (unpaired) electrons. The molecule has 0 spiro atoms. The maximum absolute atomic E-state index is 12.9. The van der Waals surface area contributed by atoms with Gasteiger partial charge in [-0.25, -0.2) is 4.98 Å². The van der Waals surface area contributed by atoms with Crippen LogP contribution in [-0.4, -0.2) is 40.9 Å².